The van der Waals surface area contributed by atoms with Crippen LogP contribution < -0.4 is 19.5 Å². The normalized spacial score (nSPS) is 18.0. The van der Waals surface area contributed by atoms with E-state index in [1.165, 1.54) is 7.11 Å². The zero-order valence-electron chi connectivity index (χ0n) is 17.2. The highest BCUT2D eigenvalue weighted by molar-refractivity contribution is 9.10. The second-order valence-electron chi connectivity index (χ2n) is 6.99. The first-order valence-electron chi connectivity index (χ1n) is 9.45. The standard InChI is InChI=1S/C22H23BrN2O5/c1-27-16-10-13(17(23)21(29-3)20(16)28-2)19-18-12(9-15(25-19)22(26)30-4)11-7-5-6-8-14(11)24-18/h5-8,10,15,19,24-25H,9H2,1-4H3. The van der Waals surface area contributed by atoms with Gasteiger partial charge in [0.05, 0.1) is 39.0 Å². The number of ether oxygens (including phenoxy) is 4. The summed E-state index contributed by atoms with van der Waals surface area (Å²) in [6, 6.07) is 9.15. The Labute approximate surface area is 182 Å². The van der Waals surface area contributed by atoms with Crippen molar-refractivity contribution in [2.75, 3.05) is 28.4 Å². The molecule has 2 aromatic carbocycles. The van der Waals surface area contributed by atoms with Gasteiger partial charge < -0.3 is 23.9 Å². The maximum atomic E-state index is 12.5. The van der Waals surface area contributed by atoms with E-state index in [0.29, 0.717) is 23.7 Å². The van der Waals surface area contributed by atoms with E-state index >= 15 is 0 Å². The van der Waals surface area contributed by atoms with Crippen molar-refractivity contribution in [1.29, 1.82) is 0 Å². The second-order valence-corrected chi connectivity index (χ2v) is 7.78. The fourth-order valence-electron chi connectivity index (χ4n) is 4.12. The highest BCUT2D eigenvalue weighted by Gasteiger charge is 2.36. The number of para-hydroxylation sites is 1. The summed E-state index contributed by atoms with van der Waals surface area (Å²) in [5.41, 5.74) is 3.95. The molecule has 1 aromatic heterocycles. The van der Waals surface area contributed by atoms with Crippen LogP contribution in [0.2, 0.25) is 0 Å². The number of methoxy groups -OCH3 is 4. The van der Waals surface area contributed by atoms with Gasteiger partial charge in [0.2, 0.25) is 5.75 Å². The van der Waals surface area contributed by atoms with Gasteiger partial charge >= 0.3 is 5.97 Å². The van der Waals surface area contributed by atoms with Crippen molar-refractivity contribution in [2.45, 2.75) is 18.5 Å². The average molecular weight is 475 g/mol. The van der Waals surface area contributed by atoms with Gasteiger partial charge in [-0.25, -0.2) is 0 Å². The van der Waals surface area contributed by atoms with E-state index in [0.717, 1.165) is 32.2 Å². The fraction of sp³-hybridized carbons (Fsp3) is 0.318. The van der Waals surface area contributed by atoms with Gasteiger partial charge in [0.15, 0.2) is 11.5 Å². The minimum atomic E-state index is -0.488. The number of hydrogen-bond acceptors (Lipinski definition) is 6. The lowest BCUT2D eigenvalue weighted by molar-refractivity contribution is -0.143. The molecule has 0 amide bonds. The molecule has 0 saturated heterocycles. The van der Waals surface area contributed by atoms with Crippen LogP contribution in [0.5, 0.6) is 17.2 Å². The molecular formula is C22H23BrN2O5. The summed E-state index contributed by atoms with van der Waals surface area (Å²) < 4.78 is 22.4. The Morgan fingerprint density at radius 1 is 1.07 bits per heavy atom. The van der Waals surface area contributed by atoms with E-state index in [1.807, 2.05) is 24.3 Å². The van der Waals surface area contributed by atoms with Crippen molar-refractivity contribution < 1.29 is 23.7 Å². The molecule has 2 N–H and O–H groups in total. The van der Waals surface area contributed by atoms with Crippen LogP contribution >= 0.6 is 15.9 Å². The van der Waals surface area contributed by atoms with Crippen molar-refractivity contribution >= 4 is 32.8 Å². The van der Waals surface area contributed by atoms with Crippen LogP contribution in [0.15, 0.2) is 34.8 Å². The Hall–Kier alpha value is -2.71. The highest BCUT2D eigenvalue weighted by Crippen LogP contribution is 2.48. The molecule has 8 heteroatoms. The first-order chi connectivity index (χ1) is 14.5. The predicted molar refractivity (Wildman–Crippen MR) is 117 cm³/mol. The van der Waals surface area contributed by atoms with Crippen molar-refractivity contribution in [2.24, 2.45) is 0 Å². The zero-order chi connectivity index (χ0) is 21.4. The van der Waals surface area contributed by atoms with Crippen LogP contribution in [0.1, 0.15) is 22.9 Å². The number of esters is 1. The van der Waals surface area contributed by atoms with Gasteiger partial charge in [0.1, 0.15) is 6.04 Å². The van der Waals surface area contributed by atoms with Crippen LogP contribution in [-0.2, 0) is 16.0 Å². The van der Waals surface area contributed by atoms with E-state index in [1.54, 1.807) is 21.3 Å². The summed E-state index contributed by atoms with van der Waals surface area (Å²) in [6.45, 7) is 0. The molecule has 2 atom stereocenters. The van der Waals surface area contributed by atoms with Crippen molar-refractivity contribution in [3.05, 3.63) is 51.6 Å². The number of nitrogens with one attached hydrogen (secondary N) is 2. The third-order valence-electron chi connectivity index (χ3n) is 5.51. The van der Waals surface area contributed by atoms with Gasteiger partial charge in [-0.2, -0.15) is 0 Å². The Bertz CT molecular complexity index is 1110. The van der Waals surface area contributed by atoms with Crippen LogP contribution in [0.3, 0.4) is 0 Å². The van der Waals surface area contributed by atoms with E-state index in [-0.39, 0.29) is 12.0 Å². The molecule has 7 nitrogen and oxygen atoms in total. The third kappa shape index (κ3) is 3.20. The molecule has 158 valence electrons. The minimum Gasteiger partial charge on any atom is -0.493 e. The maximum Gasteiger partial charge on any atom is 0.323 e. The van der Waals surface area contributed by atoms with E-state index in [2.05, 4.69) is 32.3 Å². The number of rotatable bonds is 5. The summed E-state index contributed by atoms with van der Waals surface area (Å²) in [7, 11) is 6.12. The first kappa shape index (κ1) is 20.6. The molecule has 1 aliphatic rings. The Morgan fingerprint density at radius 3 is 2.47 bits per heavy atom. The van der Waals surface area contributed by atoms with E-state index in [9.17, 15) is 4.79 Å². The number of aromatic amines is 1. The number of halogens is 1. The number of H-pyrrole nitrogens is 1. The number of aromatic nitrogens is 1. The SMILES string of the molecule is COC(=O)C1Cc2c([nH]c3ccccc23)C(c2cc(OC)c(OC)c(OC)c2Br)N1. The molecular weight excluding hydrogens is 452 g/mol. The van der Waals surface area contributed by atoms with Gasteiger partial charge in [-0.1, -0.05) is 18.2 Å². The molecule has 4 rings (SSSR count). The summed E-state index contributed by atoms with van der Waals surface area (Å²) in [4.78, 5) is 16.0. The van der Waals surface area contributed by atoms with Crippen molar-refractivity contribution in [1.82, 2.24) is 10.3 Å². The largest absolute Gasteiger partial charge is 0.493 e. The lowest BCUT2D eigenvalue weighted by atomic mass is 9.90. The van der Waals surface area contributed by atoms with Crippen molar-refractivity contribution in [3.63, 3.8) is 0 Å². The van der Waals surface area contributed by atoms with Crippen LogP contribution in [-0.4, -0.2) is 45.4 Å². The molecule has 3 aromatic rings. The molecule has 1 aliphatic heterocycles. The molecule has 0 fully saturated rings. The van der Waals surface area contributed by atoms with Crippen molar-refractivity contribution in [3.8, 4) is 17.2 Å². The van der Waals surface area contributed by atoms with E-state index < -0.39 is 6.04 Å². The summed E-state index contributed by atoms with van der Waals surface area (Å²) in [5, 5.41) is 4.52. The molecule has 0 saturated carbocycles. The smallest absolute Gasteiger partial charge is 0.323 e. The Morgan fingerprint density at radius 2 is 1.80 bits per heavy atom. The second kappa shape index (κ2) is 8.20. The fourth-order valence-corrected chi connectivity index (χ4v) is 4.81. The summed E-state index contributed by atoms with van der Waals surface area (Å²) in [6.07, 6.45) is 0.532. The van der Waals surface area contributed by atoms with E-state index in [4.69, 9.17) is 18.9 Å². The lowest BCUT2D eigenvalue weighted by Gasteiger charge is -2.31. The number of fused-ring (bicyclic) bond motifs is 3. The zero-order valence-corrected chi connectivity index (χ0v) is 18.8. The topological polar surface area (TPSA) is 81.8 Å². The number of carbonyl (C=O) groups is 1. The number of benzene rings is 2. The quantitative estimate of drug-likeness (QED) is 0.548. The monoisotopic (exact) mass is 474 g/mol. The van der Waals surface area contributed by atoms with Gasteiger partial charge in [-0.05, 0) is 39.2 Å². The molecule has 0 radical (unpaired) electrons. The molecule has 2 heterocycles. The van der Waals surface area contributed by atoms with Gasteiger partial charge in [-0.3, -0.25) is 10.1 Å². The Kier molecular flexibility index (Phi) is 5.62. The molecule has 0 aliphatic carbocycles. The molecule has 2 unspecified atom stereocenters. The highest BCUT2D eigenvalue weighted by atomic mass is 79.9. The maximum absolute atomic E-state index is 12.5. The number of hydrogen-bond donors (Lipinski definition) is 2. The van der Waals surface area contributed by atoms with Crippen LogP contribution in [0, 0.1) is 0 Å². The molecule has 30 heavy (non-hydrogen) atoms. The van der Waals surface area contributed by atoms with Crippen LogP contribution in [0.25, 0.3) is 10.9 Å². The van der Waals surface area contributed by atoms with Gasteiger partial charge in [0.25, 0.3) is 0 Å². The van der Waals surface area contributed by atoms with Crippen LogP contribution in [0.4, 0.5) is 0 Å². The van der Waals surface area contributed by atoms with Gasteiger partial charge in [-0.15, -0.1) is 0 Å². The summed E-state index contributed by atoms with van der Waals surface area (Å²) in [5.74, 6) is 1.24. The third-order valence-corrected chi connectivity index (χ3v) is 6.32. The lowest BCUT2D eigenvalue weighted by Crippen LogP contribution is -2.45. The predicted octanol–water partition coefficient (Wildman–Crippen LogP) is 3.73. The Balaban J connectivity index is 1.95. The average Bonchev–Trinajstić information content (AvgIpc) is 3.16. The number of carbonyl (C=O) groups excluding carboxylic acids is 1. The molecule has 0 spiro atoms. The summed E-state index contributed by atoms with van der Waals surface area (Å²) >= 11 is 3.67. The minimum absolute atomic E-state index is 0.306. The molecule has 0 bridgehead atoms. The van der Waals surface area contributed by atoms with Gasteiger partial charge in [0, 0.05) is 23.0 Å². The first-order valence-corrected chi connectivity index (χ1v) is 10.2.